The van der Waals surface area contributed by atoms with Gasteiger partial charge in [-0.3, -0.25) is 0 Å². The topological polar surface area (TPSA) is 13.1 Å². The quantitative estimate of drug-likeness (QED) is 0.151. The number of furan rings is 1. The zero-order valence-corrected chi connectivity index (χ0v) is 47.6. The molecule has 1 heterocycles. The second kappa shape index (κ2) is 20.7. The molecule has 0 atom stereocenters. The van der Waals surface area contributed by atoms with Crippen LogP contribution in [-0.4, -0.2) is 0 Å². The van der Waals surface area contributed by atoms with E-state index < -0.39 is 0 Å². The van der Waals surface area contributed by atoms with Crippen molar-refractivity contribution in [1.82, 2.24) is 0 Å². The van der Waals surface area contributed by atoms with Gasteiger partial charge in [-0.1, -0.05) is 303 Å². The van der Waals surface area contributed by atoms with E-state index >= 15 is 0 Å². The minimum Gasteiger partial charge on any atom is -0.455 e. The van der Waals surface area contributed by atoms with Gasteiger partial charge in [0, 0.05) is 16.2 Å². The molecule has 0 unspecified atom stereocenters. The summed E-state index contributed by atoms with van der Waals surface area (Å²) >= 11 is 0. The standard InChI is InChI=1S/C46H30.C40H24O/c1-2-11-31(12-3-1)38-27-28-43-44(30-38)46(40-20-10-16-34-14-6-7-17-39(34)40)42-19-9-8-18-41(42)45(43)35-24-21-33(22-25-35)37-26-23-32-13-4-5-15-36(32)29-37;1-3-14-27-25(11-1)13-9-20-29(27)37-30-16-5-7-18-32(30)38(33-19-8-6-17-31(33)37)34-21-10-22-36-39(34)35-24-23-26-12-2-4-15-28(26)40(35)41-36/h1-30H;1-24H. The zero-order chi connectivity index (χ0) is 57.4. The van der Waals surface area contributed by atoms with Gasteiger partial charge in [0.2, 0.25) is 0 Å². The van der Waals surface area contributed by atoms with Crippen molar-refractivity contribution in [2.45, 2.75) is 0 Å². The van der Waals surface area contributed by atoms with E-state index in [0.29, 0.717) is 0 Å². The van der Waals surface area contributed by atoms with Gasteiger partial charge in [-0.25, -0.2) is 0 Å². The third-order valence-electron chi connectivity index (χ3n) is 18.1. The molecule has 18 rings (SSSR count). The van der Waals surface area contributed by atoms with Crippen molar-refractivity contribution >= 4 is 108 Å². The number of hydrogen-bond acceptors (Lipinski definition) is 1. The SMILES string of the molecule is c1ccc(-c2ccc3c(-c4ccc(-c5ccc6ccccc6c5)cc4)c4ccccc4c(-c4cccc5ccccc45)c3c2)cc1.c1ccc2c(-c3c4ccccc4c(-c4cccc5oc6c7ccccc7ccc6c45)c4ccccc34)cccc2c1. The van der Waals surface area contributed by atoms with Gasteiger partial charge in [0.05, 0.1) is 0 Å². The highest BCUT2D eigenvalue weighted by atomic mass is 16.3. The molecular weight excluding hydrogens is 1050 g/mol. The second-order valence-electron chi connectivity index (χ2n) is 22.9. The van der Waals surface area contributed by atoms with Crippen LogP contribution in [0.5, 0.6) is 0 Å². The molecule has 0 saturated heterocycles. The summed E-state index contributed by atoms with van der Waals surface area (Å²) in [4.78, 5) is 0. The fraction of sp³-hybridized carbons (Fsp3) is 0. The van der Waals surface area contributed by atoms with Gasteiger partial charge in [0.15, 0.2) is 0 Å². The predicted molar refractivity (Wildman–Crippen MR) is 373 cm³/mol. The average Bonchev–Trinajstić information content (AvgIpc) is 1.86. The molecule has 0 aliphatic heterocycles. The molecule has 0 amide bonds. The zero-order valence-electron chi connectivity index (χ0n) is 47.6. The van der Waals surface area contributed by atoms with Crippen LogP contribution in [0.4, 0.5) is 0 Å². The number of fused-ring (bicyclic) bond motifs is 12. The summed E-state index contributed by atoms with van der Waals surface area (Å²) in [6.45, 7) is 0. The van der Waals surface area contributed by atoms with Crippen LogP contribution in [0.3, 0.4) is 0 Å². The van der Waals surface area contributed by atoms with E-state index in [1.165, 1.54) is 153 Å². The molecule has 1 nitrogen and oxygen atoms in total. The van der Waals surface area contributed by atoms with Gasteiger partial charge in [0.1, 0.15) is 11.2 Å². The molecule has 18 aromatic rings. The third-order valence-corrected chi connectivity index (χ3v) is 18.1. The Morgan fingerprint density at radius 1 is 0.172 bits per heavy atom. The van der Waals surface area contributed by atoms with Crippen LogP contribution in [0.15, 0.2) is 332 Å². The Labute approximate surface area is 503 Å². The van der Waals surface area contributed by atoms with Crippen molar-refractivity contribution in [1.29, 1.82) is 0 Å². The normalized spacial score (nSPS) is 11.7. The van der Waals surface area contributed by atoms with Gasteiger partial charge in [-0.2, -0.15) is 0 Å². The molecule has 0 aliphatic rings. The van der Waals surface area contributed by atoms with E-state index in [0.717, 1.165) is 21.9 Å². The minimum atomic E-state index is 0.917. The lowest BCUT2D eigenvalue weighted by molar-refractivity contribution is 0.673. The van der Waals surface area contributed by atoms with Gasteiger partial charge < -0.3 is 4.42 Å². The summed E-state index contributed by atoms with van der Waals surface area (Å²) in [7, 11) is 0. The maximum Gasteiger partial charge on any atom is 0.143 e. The first-order valence-corrected chi connectivity index (χ1v) is 30.1. The highest BCUT2D eigenvalue weighted by Gasteiger charge is 2.23. The first kappa shape index (κ1) is 50.2. The minimum absolute atomic E-state index is 0.917. The molecule has 1 aromatic heterocycles. The molecule has 87 heavy (non-hydrogen) atoms. The molecule has 0 aliphatic carbocycles. The molecule has 0 fully saturated rings. The number of rotatable bonds is 6. The van der Waals surface area contributed by atoms with Crippen molar-refractivity contribution in [3.63, 3.8) is 0 Å². The lowest BCUT2D eigenvalue weighted by Crippen LogP contribution is -1.92. The smallest absolute Gasteiger partial charge is 0.143 e. The lowest BCUT2D eigenvalue weighted by atomic mass is 9.83. The van der Waals surface area contributed by atoms with Crippen LogP contribution >= 0.6 is 0 Å². The van der Waals surface area contributed by atoms with Crippen molar-refractivity contribution in [2.75, 3.05) is 0 Å². The van der Waals surface area contributed by atoms with E-state index in [4.69, 9.17) is 4.42 Å². The lowest BCUT2D eigenvalue weighted by Gasteiger charge is -2.20. The van der Waals surface area contributed by atoms with Crippen molar-refractivity contribution in [3.8, 4) is 66.8 Å². The maximum atomic E-state index is 6.59. The molecule has 0 spiro atoms. The van der Waals surface area contributed by atoms with E-state index in [1.807, 2.05) is 0 Å². The Bertz CT molecular complexity index is 5680. The van der Waals surface area contributed by atoms with E-state index in [2.05, 4.69) is 328 Å². The van der Waals surface area contributed by atoms with E-state index in [-0.39, 0.29) is 0 Å². The Kier molecular flexibility index (Phi) is 12.0. The van der Waals surface area contributed by atoms with Gasteiger partial charge in [0.25, 0.3) is 0 Å². The number of hydrogen-bond donors (Lipinski definition) is 0. The second-order valence-corrected chi connectivity index (χ2v) is 22.9. The number of benzene rings is 17. The first-order chi connectivity index (χ1) is 43.2. The maximum absolute atomic E-state index is 6.59. The molecule has 1 heteroatoms. The van der Waals surface area contributed by atoms with E-state index in [1.54, 1.807) is 0 Å². The van der Waals surface area contributed by atoms with Crippen molar-refractivity contribution in [2.24, 2.45) is 0 Å². The van der Waals surface area contributed by atoms with Crippen LogP contribution in [-0.2, 0) is 0 Å². The Morgan fingerprint density at radius 2 is 0.540 bits per heavy atom. The van der Waals surface area contributed by atoms with Crippen LogP contribution in [0.1, 0.15) is 0 Å². The molecule has 17 aromatic carbocycles. The fourth-order valence-corrected chi connectivity index (χ4v) is 14.1. The predicted octanol–water partition coefficient (Wildman–Crippen LogP) is 24.5. The highest BCUT2D eigenvalue weighted by molar-refractivity contribution is 6.29. The summed E-state index contributed by atoms with van der Waals surface area (Å²) in [6, 6.07) is 119. The Hall–Kier alpha value is -11.4. The summed E-state index contributed by atoms with van der Waals surface area (Å²) in [5, 5.41) is 22.3. The Morgan fingerprint density at radius 3 is 1.15 bits per heavy atom. The van der Waals surface area contributed by atoms with Gasteiger partial charge >= 0.3 is 0 Å². The van der Waals surface area contributed by atoms with Crippen LogP contribution in [0.25, 0.3) is 175 Å². The monoisotopic (exact) mass is 1100 g/mol. The van der Waals surface area contributed by atoms with Crippen molar-refractivity contribution in [3.05, 3.63) is 328 Å². The Balaban J connectivity index is 0.000000136. The van der Waals surface area contributed by atoms with Crippen molar-refractivity contribution < 1.29 is 4.42 Å². The highest BCUT2D eigenvalue weighted by Crippen LogP contribution is 2.50. The molecular formula is C86H54O. The van der Waals surface area contributed by atoms with Gasteiger partial charge in [-0.05, 0) is 172 Å². The third kappa shape index (κ3) is 8.39. The molecule has 0 bridgehead atoms. The van der Waals surface area contributed by atoms with Crippen LogP contribution in [0, 0.1) is 0 Å². The summed E-state index contributed by atoms with van der Waals surface area (Å²) in [5.74, 6) is 0. The summed E-state index contributed by atoms with van der Waals surface area (Å²) in [5.41, 5.74) is 16.8. The first-order valence-electron chi connectivity index (χ1n) is 30.1. The summed E-state index contributed by atoms with van der Waals surface area (Å²) < 4.78 is 6.59. The van der Waals surface area contributed by atoms with Crippen LogP contribution in [0.2, 0.25) is 0 Å². The molecule has 0 saturated carbocycles. The fourth-order valence-electron chi connectivity index (χ4n) is 14.1. The van der Waals surface area contributed by atoms with E-state index in [9.17, 15) is 0 Å². The molecule has 0 radical (unpaired) electrons. The summed E-state index contributed by atoms with van der Waals surface area (Å²) in [6.07, 6.45) is 0. The van der Waals surface area contributed by atoms with Gasteiger partial charge in [-0.15, -0.1) is 0 Å². The largest absolute Gasteiger partial charge is 0.455 e. The molecule has 0 N–H and O–H groups in total. The average molecular weight is 1100 g/mol. The van der Waals surface area contributed by atoms with Crippen LogP contribution < -0.4 is 0 Å². The molecule has 404 valence electrons.